The van der Waals surface area contributed by atoms with Gasteiger partial charge in [-0.05, 0) is 17.8 Å². The minimum absolute atomic E-state index is 0.286. The Bertz CT molecular complexity index is 515. The van der Waals surface area contributed by atoms with Crippen LogP contribution >= 0.6 is 11.8 Å². The molecule has 0 aliphatic heterocycles. The zero-order valence-corrected chi connectivity index (χ0v) is 11.4. The number of anilines is 1. The zero-order chi connectivity index (χ0) is 13.0. The lowest BCUT2D eigenvalue weighted by atomic mass is 10.2. The monoisotopic (exact) mass is 261 g/mol. The van der Waals surface area contributed by atoms with Crippen molar-refractivity contribution in [2.75, 3.05) is 12.4 Å². The van der Waals surface area contributed by atoms with Crippen molar-refractivity contribution in [3.05, 3.63) is 30.4 Å². The minimum Gasteiger partial charge on any atom is -0.373 e. The van der Waals surface area contributed by atoms with Gasteiger partial charge in [-0.1, -0.05) is 13.8 Å². The van der Waals surface area contributed by atoms with Crippen LogP contribution in [0.5, 0.6) is 0 Å². The van der Waals surface area contributed by atoms with Gasteiger partial charge in [0.2, 0.25) is 0 Å². The maximum atomic E-state index is 4.51. The Labute approximate surface area is 110 Å². The van der Waals surface area contributed by atoms with Crippen LogP contribution in [0.4, 0.5) is 5.82 Å². The molecule has 0 amide bonds. The van der Waals surface area contributed by atoms with Crippen LogP contribution in [0.3, 0.4) is 0 Å². The molecule has 6 heteroatoms. The van der Waals surface area contributed by atoms with Crippen LogP contribution < -0.4 is 5.32 Å². The van der Waals surface area contributed by atoms with Gasteiger partial charge in [0.15, 0.2) is 5.16 Å². The molecule has 0 aromatic carbocycles. The molecule has 0 radical (unpaired) electrons. The van der Waals surface area contributed by atoms with Gasteiger partial charge in [-0.15, -0.1) is 0 Å². The van der Waals surface area contributed by atoms with E-state index in [2.05, 4.69) is 39.1 Å². The molecule has 5 nitrogen and oxygen atoms in total. The molecule has 0 atom stereocenters. The van der Waals surface area contributed by atoms with E-state index in [9.17, 15) is 0 Å². The van der Waals surface area contributed by atoms with Crippen molar-refractivity contribution in [1.29, 1.82) is 0 Å². The first kappa shape index (κ1) is 12.8. The highest BCUT2D eigenvalue weighted by molar-refractivity contribution is 7.99. The van der Waals surface area contributed by atoms with Crippen molar-refractivity contribution in [3.63, 3.8) is 0 Å². The summed E-state index contributed by atoms with van der Waals surface area (Å²) in [6.07, 6.45) is 3.44. The molecule has 2 heterocycles. The minimum atomic E-state index is 0.286. The van der Waals surface area contributed by atoms with E-state index in [-0.39, 0.29) is 5.92 Å². The van der Waals surface area contributed by atoms with Gasteiger partial charge >= 0.3 is 0 Å². The van der Waals surface area contributed by atoms with E-state index in [0.29, 0.717) is 5.16 Å². The first-order valence-electron chi connectivity index (χ1n) is 5.70. The average Bonchev–Trinajstić information content (AvgIpc) is 2.39. The highest BCUT2D eigenvalue weighted by atomic mass is 32.2. The van der Waals surface area contributed by atoms with Gasteiger partial charge in [0.1, 0.15) is 16.7 Å². The van der Waals surface area contributed by atoms with Crippen LogP contribution in [0.1, 0.15) is 25.6 Å². The summed E-state index contributed by atoms with van der Waals surface area (Å²) in [4.78, 5) is 17.3. The van der Waals surface area contributed by atoms with Gasteiger partial charge in [0.05, 0.1) is 0 Å². The quantitative estimate of drug-likeness (QED) is 0.674. The van der Waals surface area contributed by atoms with Crippen molar-refractivity contribution in [2.45, 2.75) is 29.9 Å². The van der Waals surface area contributed by atoms with E-state index < -0.39 is 0 Å². The highest BCUT2D eigenvalue weighted by Crippen LogP contribution is 2.25. The normalized spacial score (nSPS) is 10.7. The summed E-state index contributed by atoms with van der Waals surface area (Å²) in [5.41, 5.74) is 0. The summed E-state index contributed by atoms with van der Waals surface area (Å²) in [5, 5.41) is 4.58. The second-order valence-corrected chi connectivity index (χ2v) is 4.98. The van der Waals surface area contributed by atoms with Crippen LogP contribution in [-0.2, 0) is 0 Å². The molecular weight excluding hydrogens is 246 g/mol. The third kappa shape index (κ3) is 3.16. The summed E-state index contributed by atoms with van der Waals surface area (Å²) < 4.78 is 0. The number of hydrogen-bond donors (Lipinski definition) is 1. The summed E-state index contributed by atoms with van der Waals surface area (Å²) in [7, 11) is 1.85. The molecule has 0 spiro atoms. The summed E-state index contributed by atoms with van der Waals surface area (Å²) in [5.74, 6) is 1.92. The first-order chi connectivity index (χ1) is 8.69. The highest BCUT2D eigenvalue weighted by Gasteiger charge is 2.09. The lowest BCUT2D eigenvalue weighted by Gasteiger charge is -2.08. The maximum absolute atomic E-state index is 4.51. The molecule has 2 rings (SSSR count). The van der Waals surface area contributed by atoms with Crippen LogP contribution in [0.2, 0.25) is 0 Å². The van der Waals surface area contributed by atoms with Crippen molar-refractivity contribution >= 4 is 17.6 Å². The fourth-order valence-electron chi connectivity index (χ4n) is 1.31. The van der Waals surface area contributed by atoms with E-state index in [4.69, 9.17) is 0 Å². The molecule has 18 heavy (non-hydrogen) atoms. The second kappa shape index (κ2) is 5.77. The van der Waals surface area contributed by atoms with E-state index in [1.807, 2.05) is 13.1 Å². The third-order valence-electron chi connectivity index (χ3n) is 2.23. The number of hydrogen-bond acceptors (Lipinski definition) is 6. The Hall–Kier alpha value is -1.69. The first-order valence-corrected chi connectivity index (χ1v) is 6.52. The molecule has 0 aliphatic rings. The molecule has 0 unspecified atom stereocenters. The molecule has 1 N–H and O–H groups in total. The Morgan fingerprint density at radius 2 is 1.89 bits per heavy atom. The molecule has 0 saturated carbocycles. The van der Waals surface area contributed by atoms with Crippen LogP contribution in [0, 0.1) is 0 Å². The van der Waals surface area contributed by atoms with Crippen molar-refractivity contribution < 1.29 is 0 Å². The zero-order valence-electron chi connectivity index (χ0n) is 10.6. The lowest BCUT2D eigenvalue weighted by molar-refractivity contribution is 0.754. The van der Waals surface area contributed by atoms with Gasteiger partial charge in [0, 0.05) is 31.4 Å². The number of aromatic nitrogens is 4. The molecule has 0 bridgehead atoms. The number of rotatable bonds is 4. The number of nitrogens with one attached hydrogen (secondary N) is 1. The SMILES string of the molecule is CNc1cc(Sc2ncccn2)nc(C(C)C)n1. The van der Waals surface area contributed by atoms with Gasteiger partial charge in [-0.3, -0.25) is 0 Å². The van der Waals surface area contributed by atoms with E-state index in [1.54, 1.807) is 18.5 Å². The second-order valence-electron chi connectivity index (χ2n) is 3.99. The molecule has 0 saturated heterocycles. The molecule has 94 valence electrons. The fourth-order valence-corrected chi connectivity index (χ4v) is 2.04. The molecule has 2 aromatic rings. The molecule has 2 aromatic heterocycles. The summed E-state index contributed by atoms with van der Waals surface area (Å²) in [6.45, 7) is 4.14. The molecule has 0 fully saturated rings. The smallest absolute Gasteiger partial charge is 0.193 e. The molecule has 0 aliphatic carbocycles. The lowest BCUT2D eigenvalue weighted by Crippen LogP contribution is -2.03. The van der Waals surface area contributed by atoms with Gasteiger partial charge in [0.25, 0.3) is 0 Å². The van der Waals surface area contributed by atoms with Crippen LogP contribution in [0.15, 0.2) is 34.7 Å². The topological polar surface area (TPSA) is 63.6 Å². The Morgan fingerprint density at radius 3 is 2.50 bits per heavy atom. The van der Waals surface area contributed by atoms with E-state index in [0.717, 1.165) is 16.7 Å². The Balaban J connectivity index is 2.30. The standard InChI is InChI=1S/C12H15N5S/c1-8(2)11-16-9(13-3)7-10(17-11)18-12-14-5-4-6-15-12/h4-8H,1-3H3,(H,13,16,17). The van der Waals surface area contributed by atoms with Crippen LogP contribution in [-0.4, -0.2) is 27.0 Å². The number of nitrogens with zero attached hydrogens (tertiary/aromatic N) is 4. The predicted molar refractivity (Wildman–Crippen MR) is 71.8 cm³/mol. The third-order valence-corrected chi connectivity index (χ3v) is 3.04. The van der Waals surface area contributed by atoms with Crippen molar-refractivity contribution in [3.8, 4) is 0 Å². The van der Waals surface area contributed by atoms with Gasteiger partial charge in [-0.25, -0.2) is 19.9 Å². The van der Waals surface area contributed by atoms with Gasteiger partial charge < -0.3 is 5.32 Å². The average molecular weight is 261 g/mol. The Morgan fingerprint density at radius 1 is 1.17 bits per heavy atom. The van der Waals surface area contributed by atoms with Crippen molar-refractivity contribution in [2.24, 2.45) is 0 Å². The summed E-state index contributed by atoms with van der Waals surface area (Å²) in [6, 6.07) is 3.69. The largest absolute Gasteiger partial charge is 0.373 e. The fraction of sp³-hybridized carbons (Fsp3) is 0.333. The van der Waals surface area contributed by atoms with E-state index >= 15 is 0 Å². The van der Waals surface area contributed by atoms with Crippen LogP contribution in [0.25, 0.3) is 0 Å². The van der Waals surface area contributed by atoms with Crippen molar-refractivity contribution in [1.82, 2.24) is 19.9 Å². The van der Waals surface area contributed by atoms with E-state index in [1.165, 1.54) is 11.8 Å². The summed E-state index contributed by atoms with van der Waals surface area (Å²) >= 11 is 1.44. The predicted octanol–water partition coefficient (Wildman–Crippen LogP) is 2.58. The Kier molecular flexibility index (Phi) is 4.09. The van der Waals surface area contributed by atoms with Gasteiger partial charge in [-0.2, -0.15) is 0 Å². The molecular formula is C12H15N5S. The maximum Gasteiger partial charge on any atom is 0.193 e.